The number of nitrogens with zero attached hydrogens (tertiary/aromatic N) is 1. The van der Waals surface area contributed by atoms with Crippen molar-refractivity contribution < 1.29 is 9.53 Å². The first-order chi connectivity index (χ1) is 16.1. The highest BCUT2D eigenvalue weighted by Crippen LogP contribution is 2.25. The summed E-state index contributed by atoms with van der Waals surface area (Å²) in [6, 6.07) is 25.7. The van der Waals surface area contributed by atoms with Gasteiger partial charge in [0.25, 0.3) is 5.91 Å². The van der Waals surface area contributed by atoms with Crippen molar-refractivity contribution in [2.75, 3.05) is 16.8 Å². The molecule has 5 nitrogen and oxygen atoms in total. The zero-order chi connectivity index (χ0) is 23.0. The van der Waals surface area contributed by atoms with Gasteiger partial charge in [0.05, 0.1) is 0 Å². The molecule has 0 radical (unpaired) electrons. The smallest absolute Gasteiger partial charge is 0.257 e. The predicted molar refractivity (Wildman–Crippen MR) is 138 cm³/mol. The monoisotopic (exact) mass is 459 g/mol. The molecule has 1 amide bonds. The molecule has 1 fully saturated rings. The average molecular weight is 460 g/mol. The molecule has 1 aliphatic rings. The van der Waals surface area contributed by atoms with Crippen molar-refractivity contribution in [3.63, 3.8) is 0 Å². The maximum Gasteiger partial charge on any atom is 0.257 e. The molecular formula is C27H29N3O2S. The second-order valence-electron chi connectivity index (χ2n) is 8.30. The summed E-state index contributed by atoms with van der Waals surface area (Å²) in [4.78, 5) is 15.1. The van der Waals surface area contributed by atoms with E-state index < -0.39 is 0 Å². The fraction of sp³-hybridized carbons (Fsp3) is 0.259. The van der Waals surface area contributed by atoms with Gasteiger partial charge in [-0.2, -0.15) is 0 Å². The largest absolute Gasteiger partial charge is 0.489 e. The Balaban J connectivity index is 1.30. The molecule has 0 saturated carbocycles. The molecule has 6 heteroatoms. The van der Waals surface area contributed by atoms with Crippen molar-refractivity contribution in [3.8, 4) is 5.75 Å². The molecule has 4 rings (SSSR count). The molecule has 0 unspecified atom stereocenters. The number of anilines is 2. The van der Waals surface area contributed by atoms with Crippen LogP contribution in [0, 0.1) is 0 Å². The minimum Gasteiger partial charge on any atom is -0.489 e. The first-order valence-corrected chi connectivity index (χ1v) is 11.7. The highest BCUT2D eigenvalue weighted by atomic mass is 32.1. The van der Waals surface area contributed by atoms with Gasteiger partial charge in [-0.05, 0) is 86.4 Å². The van der Waals surface area contributed by atoms with Crippen LogP contribution in [0.25, 0.3) is 0 Å². The molecule has 3 aromatic rings. The number of ether oxygens (including phenoxy) is 1. The zero-order valence-corrected chi connectivity index (χ0v) is 19.6. The van der Waals surface area contributed by atoms with E-state index in [0.29, 0.717) is 24.0 Å². The van der Waals surface area contributed by atoms with Gasteiger partial charge >= 0.3 is 0 Å². The second kappa shape index (κ2) is 11.0. The van der Waals surface area contributed by atoms with Gasteiger partial charge in [0, 0.05) is 29.5 Å². The van der Waals surface area contributed by atoms with Crippen LogP contribution in [0.2, 0.25) is 0 Å². The molecule has 1 heterocycles. The van der Waals surface area contributed by atoms with E-state index in [4.69, 9.17) is 17.0 Å². The van der Waals surface area contributed by atoms with Crippen LogP contribution in [0.15, 0.2) is 78.9 Å². The van der Waals surface area contributed by atoms with Gasteiger partial charge in [0.15, 0.2) is 5.11 Å². The summed E-state index contributed by atoms with van der Waals surface area (Å²) in [6.45, 7) is 3.81. The lowest BCUT2D eigenvalue weighted by Crippen LogP contribution is -2.37. The number of thiocarbonyl (C=S) groups is 1. The van der Waals surface area contributed by atoms with Crippen molar-refractivity contribution >= 4 is 34.6 Å². The Kier molecular flexibility index (Phi) is 7.58. The van der Waals surface area contributed by atoms with Gasteiger partial charge in [-0.25, -0.2) is 0 Å². The number of nitrogens with one attached hydrogen (secondary N) is 2. The molecule has 170 valence electrons. The zero-order valence-electron chi connectivity index (χ0n) is 18.8. The number of hydrogen-bond donors (Lipinski definition) is 2. The second-order valence-corrected chi connectivity index (χ2v) is 8.70. The highest BCUT2D eigenvalue weighted by Gasteiger charge is 2.18. The fourth-order valence-electron chi connectivity index (χ4n) is 4.02. The maximum atomic E-state index is 12.7. The summed E-state index contributed by atoms with van der Waals surface area (Å²) in [5, 5.41) is 6.10. The molecule has 0 aliphatic carbocycles. The molecular weight excluding hydrogens is 430 g/mol. The molecule has 33 heavy (non-hydrogen) atoms. The molecule has 1 aliphatic heterocycles. The summed E-state index contributed by atoms with van der Waals surface area (Å²) in [7, 11) is 0. The first-order valence-electron chi connectivity index (χ1n) is 11.3. The van der Waals surface area contributed by atoms with Gasteiger partial charge in [-0.15, -0.1) is 0 Å². The van der Waals surface area contributed by atoms with E-state index in [1.165, 1.54) is 24.9 Å². The average Bonchev–Trinajstić information content (AvgIpc) is 2.84. The summed E-state index contributed by atoms with van der Waals surface area (Å²) in [6.07, 6.45) is 3.76. The van der Waals surface area contributed by atoms with E-state index in [1.807, 2.05) is 48.5 Å². The lowest BCUT2D eigenvalue weighted by Gasteiger charge is -2.35. The van der Waals surface area contributed by atoms with Crippen molar-refractivity contribution in [2.24, 2.45) is 0 Å². The number of benzene rings is 3. The van der Waals surface area contributed by atoms with Crippen LogP contribution >= 0.6 is 12.2 Å². The quantitative estimate of drug-likeness (QED) is 0.458. The Morgan fingerprint density at radius 3 is 2.58 bits per heavy atom. The van der Waals surface area contributed by atoms with Crippen molar-refractivity contribution in [1.82, 2.24) is 5.32 Å². The minimum absolute atomic E-state index is 0.259. The van der Waals surface area contributed by atoms with Crippen LogP contribution in [0.4, 0.5) is 11.4 Å². The lowest BCUT2D eigenvalue weighted by molar-refractivity contribution is 0.0977. The number of carbonyl (C=O) groups is 1. The normalized spacial score (nSPS) is 15.5. The molecule has 1 saturated heterocycles. The van der Waals surface area contributed by atoms with Gasteiger partial charge in [0.1, 0.15) is 12.4 Å². The van der Waals surface area contributed by atoms with E-state index in [2.05, 4.69) is 34.6 Å². The fourth-order valence-corrected chi connectivity index (χ4v) is 4.23. The van der Waals surface area contributed by atoms with Gasteiger partial charge < -0.3 is 15.0 Å². The molecule has 0 spiro atoms. The number of amides is 1. The Labute approximate surface area is 200 Å². The van der Waals surface area contributed by atoms with E-state index in [9.17, 15) is 4.79 Å². The van der Waals surface area contributed by atoms with Gasteiger partial charge in [0.2, 0.25) is 0 Å². The molecule has 2 N–H and O–H groups in total. The number of piperidine rings is 1. The highest BCUT2D eigenvalue weighted by molar-refractivity contribution is 7.80. The van der Waals surface area contributed by atoms with Crippen molar-refractivity contribution in [2.45, 2.75) is 38.8 Å². The van der Waals surface area contributed by atoms with E-state index in [1.54, 1.807) is 18.2 Å². The van der Waals surface area contributed by atoms with Crippen molar-refractivity contribution in [3.05, 3.63) is 90.0 Å². The van der Waals surface area contributed by atoms with E-state index in [-0.39, 0.29) is 11.0 Å². The molecule has 3 aromatic carbocycles. The Morgan fingerprint density at radius 1 is 1.03 bits per heavy atom. The van der Waals surface area contributed by atoms with E-state index >= 15 is 0 Å². The van der Waals surface area contributed by atoms with Crippen LogP contribution in [0.1, 0.15) is 42.1 Å². The van der Waals surface area contributed by atoms with Crippen LogP contribution in [-0.4, -0.2) is 23.6 Å². The number of hydrogen-bond acceptors (Lipinski definition) is 4. The van der Waals surface area contributed by atoms with Gasteiger partial charge in [-0.1, -0.05) is 36.4 Å². The lowest BCUT2D eigenvalue weighted by atomic mass is 10.0. The van der Waals surface area contributed by atoms with Crippen LogP contribution < -0.4 is 20.3 Å². The summed E-state index contributed by atoms with van der Waals surface area (Å²) in [5.74, 6) is 0.351. The first kappa shape index (κ1) is 22.8. The van der Waals surface area contributed by atoms with Crippen LogP contribution in [0.3, 0.4) is 0 Å². The summed E-state index contributed by atoms with van der Waals surface area (Å²) in [5.41, 5.74) is 3.61. The van der Waals surface area contributed by atoms with Gasteiger partial charge in [-0.3, -0.25) is 10.1 Å². The Morgan fingerprint density at radius 2 is 1.82 bits per heavy atom. The Hall–Kier alpha value is -3.38. The van der Waals surface area contributed by atoms with Crippen molar-refractivity contribution in [1.29, 1.82) is 0 Å². The molecule has 0 bridgehead atoms. The topological polar surface area (TPSA) is 53.6 Å². The summed E-state index contributed by atoms with van der Waals surface area (Å²) >= 11 is 5.35. The third-order valence-corrected chi connectivity index (χ3v) is 6.04. The third kappa shape index (κ3) is 6.33. The number of rotatable bonds is 6. The minimum atomic E-state index is -0.281. The van der Waals surface area contributed by atoms with Crippen LogP contribution in [-0.2, 0) is 6.61 Å². The van der Waals surface area contributed by atoms with Crippen LogP contribution in [0.5, 0.6) is 5.75 Å². The SMILES string of the molecule is C[C@@H]1CCCCN1c1ccc(NC(=S)NC(=O)c2cccc(OCc3ccccc3)c2)cc1. The maximum absolute atomic E-state index is 12.7. The van der Waals surface area contributed by atoms with E-state index in [0.717, 1.165) is 17.8 Å². The standard InChI is InChI=1S/C27H29N3O2S/c1-20-8-5-6-17-30(20)24-15-13-23(14-16-24)28-27(33)29-26(31)22-11-7-12-25(18-22)32-19-21-9-3-2-4-10-21/h2-4,7,9-16,18,20H,5-6,8,17,19H2,1H3,(H2,28,29,31,33)/t20-/m1/s1. The molecule has 1 atom stereocenters. The summed E-state index contributed by atoms with van der Waals surface area (Å²) < 4.78 is 5.82. The Bertz CT molecular complexity index is 1090. The molecule has 0 aromatic heterocycles. The predicted octanol–water partition coefficient (Wildman–Crippen LogP) is 5.77. The third-order valence-electron chi connectivity index (χ3n) is 5.83. The number of carbonyl (C=O) groups excluding carboxylic acids is 1.